The van der Waals surface area contributed by atoms with E-state index in [4.69, 9.17) is 19.3 Å². The summed E-state index contributed by atoms with van der Waals surface area (Å²) in [6.45, 7) is 2.17. The minimum absolute atomic E-state index is 0.00254. The summed E-state index contributed by atoms with van der Waals surface area (Å²) in [4.78, 5) is 10.8. The molecule has 0 spiro atoms. The monoisotopic (exact) mass is 192 g/mol. The zero-order chi connectivity index (χ0) is 10.1. The van der Waals surface area contributed by atoms with Gasteiger partial charge in [0.25, 0.3) is 0 Å². The van der Waals surface area contributed by atoms with Crippen LogP contribution in [-0.2, 0) is 19.0 Å². The van der Waals surface area contributed by atoms with Crippen LogP contribution in [0.15, 0.2) is 0 Å². The summed E-state index contributed by atoms with van der Waals surface area (Å²) in [5, 5.41) is 8.40. The summed E-state index contributed by atoms with van der Waals surface area (Å²) < 4.78 is 14.7. The summed E-state index contributed by atoms with van der Waals surface area (Å²) in [6, 6.07) is 0. The van der Waals surface area contributed by atoms with Gasteiger partial charge in [-0.15, -0.1) is 0 Å². The van der Waals surface area contributed by atoms with Gasteiger partial charge in [-0.25, -0.2) is 0 Å². The van der Waals surface area contributed by atoms with Gasteiger partial charge in [-0.3, -0.25) is 4.79 Å². The molecule has 0 aromatic rings. The standard InChI is InChI=1S/C8H16O5/c1-3-12-8(11-2)6-13-7(10)4-5-9/h8-9H,3-6H2,1-2H3. The van der Waals surface area contributed by atoms with Crippen molar-refractivity contribution in [3.63, 3.8) is 0 Å². The first-order valence-corrected chi connectivity index (χ1v) is 4.15. The first-order chi connectivity index (χ1) is 6.24. The molecule has 0 aliphatic carbocycles. The third-order valence-electron chi connectivity index (χ3n) is 1.31. The van der Waals surface area contributed by atoms with E-state index in [9.17, 15) is 4.79 Å². The third-order valence-corrected chi connectivity index (χ3v) is 1.31. The summed E-state index contributed by atoms with van der Waals surface area (Å²) in [5.74, 6) is -0.454. The van der Waals surface area contributed by atoms with Crippen LogP contribution in [0.25, 0.3) is 0 Å². The highest BCUT2D eigenvalue weighted by Crippen LogP contribution is 1.95. The van der Waals surface area contributed by atoms with Crippen molar-refractivity contribution in [1.82, 2.24) is 0 Å². The van der Waals surface area contributed by atoms with Gasteiger partial charge in [0, 0.05) is 13.7 Å². The second-order valence-electron chi connectivity index (χ2n) is 2.28. The van der Waals surface area contributed by atoms with Crippen LogP contribution >= 0.6 is 0 Å². The molecule has 5 nitrogen and oxygen atoms in total. The number of esters is 1. The molecule has 0 fully saturated rings. The van der Waals surface area contributed by atoms with Crippen molar-refractivity contribution in [3.05, 3.63) is 0 Å². The van der Waals surface area contributed by atoms with E-state index in [0.29, 0.717) is 6.61 Å². The molecule has 78 valence electrons. The van der Waals surface area contributed by atoms with Crippen molar-refractivity contribution in [1.29, 1.82) is 0 Å². The van der Waals surface area contributed by atoms with Crippen LogP contribution in [0, 0.1) is 0 Å². The highest BCUT2D eigenvalue weighted by atomic mass is 16.7. The van der Waals surface area contributed by atoms with E-state index in [1.165, 1.54) is 7.11 Å². The fourth-order valence-electron chi connectivity index (χ4n) is 0.695. The molecule has 0 amide bonds. The largest absolute Gasteiger partial charge is 0.460 e. The van der Waals surface area contributed by atoms with Gasteiger partial charge in [-0.05, 0) is 6.92 Å². The average Bonchev–Trinajstić information content (AvgIpc) is 2.12. The van der Waals surface area contributed by atoms with E-state index in [1.807, 2.05) is 6.92 Å². The quantitative estimate of drug-likeness (QED) is 0.451. The highest BCUT2D eigenvalue weighted by Gasteiger charge is 2.09. The van der Waals surface area contributed by atoms with Gasteiger partial charge in [-0.1, -0.05) is 0 Å². The minimum Gasteiger partial charge on any atom is -0.460 e. The van der Waals surface area contributed by atoms with Gasteiger partial charge in [0.15, 0.2) is 6.29 Å². The molecule has 1 atom stereocenters. The van der Waals surface area contributed by atoms with Gasteiger partial charge in [0.1, 0.15) is 6.61 Å². The number of methoxy groups -OCH3 is 1. The fourth-order valence-corrected chi connectivity index (χ4v) is 0.695. The fraction of sp³-hybridized carbons (Fsp3) is 0.875. The molecule has 0 saturated carbocycles. The molecule has 0 aliphatic heterocycles. The van der Waals surface area contributed by atoms with Crippen molar-refractivity contribution in [2.75, 3.05) is 26.9 Å². The average molecular weight is 192 g/mol. The smallest absolute Gasteiger partial charge is 0.308 e. The Labute approximate surface area is 77.6 Å². The van der Waals surface area contributed by atoms with E-state index >= 15 is 0 Å². The molecule has 0 aromatic carbocycles. The zero-order valence-electron chi connectivity index (χ0n) is 7.99. The lowest BCUT2D eigenvalue weighted by atomic mass is 10.5. The van der Waals surface area contributed by atoms with Crippen molar-refractivity contribution >= 4 is 5.97 Å². The third kappa shape index (κ3) is 6.51. The van der Waals surface area contributed by atoms with Gasteiger partial charge in [-0.2, -0.15) is 0 Å². The Bertz CT molecular complexity index is 136. The number of aliphatic hydroxyl groups is 1. The summed E-state index contributed by atoms with van der Waals surface area (Å²) in [5.41, 5.74) is 0. The molecule has 0 saturated heterocycles. The van der Waals surface area contributed by atoms with Crippen LogP contribution in [0.2, 0.25) is 0 Å². The summed E-state index contributed by atoms with van der Waals surface area (Å²) >= 11 is 0. The lowest BCUT2D eigenvalue weighted by Gasteiger charge is -2.14. The van der Waals surface area contributed by atoms with E-state index in [-0.39, 0.29) is 19.6 Å². The lowest BCUT2D eigenvalue weighted by Crippen LogP contribution is -2.24. The number of aliphatic hydroxyl groups excluding tert-OH is 1. The maximum atomic E-state index is 10.8. The van der Waals surface area contributed by atoms with Crippen molar-refractivity contribution in [3.8, 4) is 0 Å². The summed E-state index contributed by atoms with van der Waals surface area (Å²) in [7, 11) is 1.47. The SMILES string of the molecule is CCOC(COC(=O)CCO)OC. The van der Waals surface area contributed by atoms with Crippen LogP contribution in [0.1, 0.15) is 13.3 Å². The Hall–Kier alpha value is -0.650. The number of carbonyl (C=O) groups excluding carboxylic acids is 1. The first-order valence-electron chi connectivity index (χ1n) is 4.15. The minimum atomic E-state index is -0.521. The van der Waals surface area contributed by atoms with Crippen molar-refractivity contribution < 1.29 is 24.1 Å². The van der Waals surface area contributed by atoms with Gasteiger partial charge >= 0.3 is 5.97 Å². The molecule has 0 heterocycles. The lowest BCUT2D eigenvalue weighted by molar-refractivity contribution is -0.173. The molecule has 1 N–H and O–H groups in total. The molecule has 0 aromatic heterocycles. The molecule has 1 unspecified atom stereocenters. The van der Waals surface area contributed by atoms with Crippen LogP contribution in [0.3, 0.4) is 0 Å². The zero-order valence-corrected chi connectivity index (χ0v) is 7.99. The molecule has 5 heteroatoms. The number of hydrogen-bond donors (Lipinski definition) is 1. The number of hydrogen-bond acceptors (Lipinski definition) is 5. The van der Waals surface area contributed by atoms with E-state index in [1.54, 1.807) is 0 Å². The molecule has 13 heavy (non-hydrogen) atoms. The first kappa shape index (κ1) is 12.3. The van der Waals surface area contributed by atoms with Gasteiger partial charge < -0.3 is 19.3 Å². The maximum absolute atomic E-state index is 10.8. The van der Waals surface area contributed by atoms with Crippen LogP contribution in [0.4, 0.5) is 0 Å². The van der Waals surface area contributed by atoms with Crippen LogP contribution < -0.4 is 0 Å². The molecular weight excluding hydrogens is 176 g/mol. The second kappa shape index (κ2) is 7.97. The molecule has 0 rings (SSSR count). The predicted molar refractivity (Wildman–Crippen MR) is 45.1 cm³/mol. The Morgan fingerprint density at radius 1 is 1.54 bits per heavy atom. The van der Waals surface area contributed by atoms with Crippen LogP contribution in [-0.4, -0.2) is 44.3 Å². The maximum Gasteiger partial charge on any atom is 0.308 e. The van der Waals surface area contributed by atoms with Crippen molar-refractivity contribution in [2.24, 2.45) is 0 Å². The second-order valence-corrected chi connectivity index (χ2v) is 2.28. The Kier molecular flexibility index (Phi) is 7.57. The normalized spacial score (nSPS) is 12.5. The van der Waals surface area contributed by atoms with Crippen LogP contribution in [0.5, 0.6) is 0 Å². The molecule has 0 bridgehead atoms. The highest BCUT2D eigenvalue weighted by molar-refractivity contribution is 5.69. The van der Waals surface area contributed by atoms with Gasteiger partial charge in [0.2, 0.25) is 0 Å². The predicted octanol–water partition coefficient (Wildman–Crippen LogP) is -0.0790. The van der Waals surface area contributed by atoms with E-state index in [0.717, 1.165) is 0 Å². The molecular formula is C8H16O5. The molecule has 0 radical (unpaired) electrons. The van der Waals surface area contributed by atoms with Crippen molar-refractivity contribution in [2.45, 2.75) is 19.6 Å². The molecule has 0 aliphatic rings. The Morgan fingerprint density at radius 3 is 2.69 bits per heavy atom. The number of ether oxygens (including phenoxy) is 3. The Morgan fingerprint density at radius 2 is 2.23 bits per heavy atom. The number of carbonyl (C=O) groups is 1. The van der Waals surface area contributed by atoms with Gasteiger partial charge in [0.05, 0.1) is 13.0 Å². The topological polar surface area (TPSA) is 65.0 Å². The summed E-state index contributed by atoms with van der Waals surface area (Å²) in [6.07, 6.45) is -0.518. The van der Waals surface area contributed by atoms with E-state index < -0.39 is 12.3 Å². The number of rotatable bonds is 7. The Balaban J connectivity index is 3.52. The van der Waals surface area contributed by atoms with E-state index in [2.05, 4.69) is 0 Å².